The van der Waals surface area contributed by atoms with Gasteiger partial charge in [-0.1, -0.05) is 0 Å². The first-order chi connectivity index (χ1) is 5.72. The summed E-state index contributed by atoms with van der Waals surface area (Å²) in [5, 5.41) is 8.57. The maximum atomic E-state index is 10.4. The Morgan fingerprint density at radius 3 is 2.75 bits per heavy atom. The lowest BCUT2D eigenvalue weighted by Gasteiger charge is -2.05. The zero-order valence-corrected chi connectivity index (χ0v) is 6.79. The van der Waals surface area contributed by atoms with Crippen LogP contribution < -0.4 is 11.2 Å². The van der Waals surface area contributed by atoms with Crippen LogP contribution in [0.5, 0.6) is 0 Å². The largest absolute Gasteiger partial charge is 0.480 e. The molecule has 0 aromatic carbocycles. The standard InChI is InChI=1S/C7H13N3O2/c1-9-10-6(7(11)12)4-2-3-5-8/h6,10H,2-5,8H2,(H,11,12)/t6-/m0/s1. The summed E-state index contributed by atoms with van der Waals surface area (Å²) in [5.41, 5.74) is 7.43. The third-order valence-corrected chi connectivity index (χ3v) is 1.47. The minimum atomic E-state index is -0.983. The van der Waals surface area contributed by atoms with Crippen LogP contribution in [-0.2, 0) is 4.79 Å². The highest BCUT2D eigenvalue weighted by Gasteiger charge is 2.18. The van der Waals surface area contributed by atoms with Crippen molar-refractivity contribution in [2.24, 2.45) is 5.73 Å². The molecule has 4 N–H and O–H groups in total. The highest BCUT2D eigenvalue weighted by Crippen LogP contribution is 2.00. The smallest absolute Gasteiger partial charge is 0.332 e. The Balaban J connectivity index is 3.65. The average Bonchev–Trinajstić information content (AvgIpc) is 2.03. The maximum absolute atomic E-state index is 10.4. The highest BCUT2D eigenvalue weighted by atomic mass is 16.4. The first-order valence-electron chi connectivity index (χ1n) is 3.77. The summed E-state index contributed by atoms with van der Waals surface area (Å²) in [6.45, 7) is 6.99. The molecule has 0 heterocycles. The topological polar surface area (TPSA) is 79.7 Å². The van der Waals surface area contributed by atoms with E-state index in [1.807, 2.05) is 0 Å². The molecule has 0 fully saturated rings. The molecule has 0 aromatic heterocycles. The zero-order valence-electron chi connectivity index (χ0n) is 6.79. The molecule has 0 rings (SSSR count). The van der Waals surface area contributed by atoms with Gasteiger partial charge >= 0.3 is 5.97 Å². The van der Waals surface area contributed by atoms with Crippen LogP contribution in [0.1, 0.15) is 19.3 Å². The van der Waals surface area contributed by atoms with Crippen LogP contribution in [0, 0.1) is 6.57 Å². The summed E-state index contributed by atoms with van der Waals surface area (Å²) in [5.74, 6) is -0.983. The fraction of sp³-hybridized carbons (Fsp3) is 0.714. The predicted molar refractivity (Wildman–Crippen MR) is 44.1 cm³/mol. The Morgan fingerprint density at radius 2 is 2.33 bits per heavy atom. The molecular weight excluding hydrogens is 158 g/mol. The van der Waals surface area contributed by atoms with Gasteiger partial charge in [-0.05, 0) is 25.8 Å². The molecule has 0 radical (unpaired) electrons. The van der Waals surface area contributed by atoms with Gasteiger partial charge in [-0.15, -0.1) is 5.43 Å². The van der Waals surface area contributed by atoms with Crippen LogP contribution in [0.25, 0.3) is 4.95 Å². The van der Waals surface area contributed by atoms with Crippen molar-refractivity contribution in [2.75, 3.05) is 6.54 Å². The normalized spacial score (nSPS) is 11.7. The second-order valence-electron chi connectivity index (χ2n) is 2.42. The van der Waals surface area contributed by atoms with E-state index in [-0.39, 0.29) is 0 Å². The summed E-state index contributed by atoms with van der Waals surface area (Å²) in [4.78, 5) is 13.3. The SMILES string of the molecule is [C-]#[N+]N[C@@H](CCCCN)C(=O)O. The number of aliphatic carboxylic acids is 1. The molecule has 0 aliphatic heterocycles. The van der Waals surface area contributed by atoms with Crippen molar-refractivity contribution in [3.05, 3.63) is 11.5 Å². The molecule has 0 aliphatic carbocycles. The molecule has 5 heteroatoms. The number of carboxylic acid groups (broad SMARTS) is 1. The van der Waals surface area contributed by atoms with Crippen molar-refractivity contribution in [1.29, 1.82) is 0 Å². The zero-order chi connectivity index (χ0) is 9.40. The van der Waals surface area contributed by atoms with Crippen LogP contribution in [0.2, 0.25) is 0 Å². The first kappa shape index (κ1) is 10.7. The molecule has 0 spiro atoms. The third kappa shape index (κ3) is 4.52. The summed E-state index contributed by atoms with van der Waals surface area (Å²) in [6, 6.07) is -0.756. The number of unbranched alkanes of at least 4 members (excludes halogenated alkanes) is 1. The van der Waals surface area contributed by atoms with E-state index in [1.54, 1.807) is 0 Å². The van der Waals surface area contributed by atoms with E-state index in [0.29, 0.717) is 13.0 Å². The quantitative estimate of drug-likeness (QED) is 0.298. The minimum absolute atomic E-state index is 0.453. The van der Waals surface area contributed by atoms with Gasteiger partial charge in [0.15, 0.2) is 6.04 Å². The van der Waals surface area contributed by atoms with Crippen LogP contribution in [-0.4, -0.2) is 23.7 Å². The number of nitrogens with zero attached hydrogens (tertiary/aromatic N) is 1. The molecule has 1 atom stereocenters. The molecule has 0 unspecified atom stereocenters. The van der Waals surface area contributed by atoms with Crippen LogP contribution >= 0.6 is 0 Å². The summed E-state index contributed by atoms with van der Waals surface area (Å²) in [7, 11) is 0. The number of carbonyl (C=O) groups is 1. The number of rotatable bonds is 6. The Hall–Kier alpha value is -1.28. The average molecular weight is 171 g/mol. The molecule has 0 saturated heterocycles. The van der Waals surface area contributed by atoms with E-state index >= 15 is 0 Å². The molecule has 68 valence electrons. The van der Waals surface area contributed by atoms with Crippen molar-refractivity contribution in [3.8, 4) is 0 Å². The van der Waals surface area contributed by atoms with Gasteiger partial charge < -0.3 is 10.8 Å². The summed E-state index contributed by atoms with van der Waals surface area (Å²) < 4.78 is 0. The van der Waals surface area contributed by atoms with E-state index in [1.165, 1.54) is 0 Å². The van der Waals surface area contributed by atoms with Gasteiger partial charge in [-0.3, -0.25) is 0 Å². The van der Waals surface area contributed by atoms with E-state index in [9.17, 15) is 4.79 Å². The number of carboxylic acids is 1. The van der Waals surface area contributed by atoms with Gasteiger partial charge in [0.2, 0.25) is 0 Å². The maximum Gasteiger partial charge on any atom is 0.332 e. The first-order valence-corrected chi connectivity index (χ1v) is 3.77. The van der Waals surface area contributed by atoms with Crippen molar-refractivity contribution < 1.29 is 9.90 Å². The molecular formula is C7H13N3O2. The van der Waals surface area contributed by atoms with Crippen molar-refractivity contribution >= 4 is 5.97 Å². The van der Waals surface area contributed by atoms with Gasteiger partial charge in [0, 0.05) is 0 Å². The van der Waals surface area contributed by atoms with Crippen molar-refractivity contribution in [3.63, 3.8) is 0 Å². The van der Waals surface area contributed by atoms with Crippen molar-refractivity contribution in [2.45, 2.75) is 25.3 Å². The molecule has 5 nitrogen and oxygen atoms in total. The number of hydrogen-bond acceptors (Lipinski definition) is 3. The Labute approximate surface area is 71.3 Å². The van der Waals surface area contributed by atoms with Gasteiger partial charge in [-0.2, -0.15) is 11.5 Å². The van der Waals surface area contributed by atoms with Crippen LogP contribution in [0.4, 0.5) is 0 Å². The Bertz CT molecular complexity index is 176. The van der Waals surface area contributed by atoms with Crippen LogP contribution in [0.3, 0.4) is 0 Å². The summed E-state index contributed by atoms with van der Waals surface area (Å²) in [6.07, 6.45) is 1.98. The molecule has 0 aromatic rings. The molecule has 0 bridgehead atoms. The monoisotopic (exact) mass is 171 g/mol. The highest BCUT2D eigenvalue weighted by molar-refractivity contribution is 5.73. The Morgan fingerprint density at radius 1 is 1.67 bits per heavy atom. The second kappa shape index (κ2) is 6.43. The number of nitrogens with two attached hydrogens (primary N) is 1. The van der Waals surface area contributed by atoms with Crippen molar-refractivity contribution in [1.82, 2.24) is 5.43 Å². The summed E-state index contributed by atoms with van der Waals surface area (Å²) >= 11 is 0. The van der Waals surface area contributed by atoms with Gasteiger partial charge in [0.25, 0.3) is 0 Å². The third-order valence-electron chi connectivity index (χ3n) is 1.47. The number of hydrogen-bond donors (Lipinski definition) is 3. The van der Waals surface area contributed by atoms with Gasteiger partial charge in [-0.25, -0.2) is 4.79 Å². The van der Waals surface area contributed by atoms with E-state index < -0.39 is 12.0 Å². The van der Waals surface area contributed by atoms with Crippen LogP contribution in [0.15, 0.2) is 0 Å². The lowest BCUT2D eigenvalue weighted by atomic mass is 10.1. The minimum Gasteiger partial charge on any atom is -0.480 e. The van der Waals surface area contributed by atoms with Gasteiger partial charge in [0.05, 0.1) is 0 Å². The Kier molecular flexibility index (Phi) is 5.75. The molecule has 0 amide bonds. The van der Waals surface area contributed by atoms with E-state index in [2.05, 4.69) is 10.4 Å². The lowest BCUT2D eigenvalue weighted by molar-refractivity contribution is -0.139. The molecule has 0 aliphatic rings. The molecule has 0 saturated carbocycles. The fourth-order valence-corrected chi connectivity index (χ4v) is 0.814. The fourth-order valence-electron chi connectivity index (χ4n) is 0.814. The predicted octanol–water partition coefficient (Wildman–Crippen LogP) is -0.00751. The molecule has 12 heavy (non-hydrogen) atoms. The second-order valence-corrected chi connectivity index (χ2v) is 2.42. The van der Waals surface area contributed by atoms with E-state index in [0.717, 1.165) is 12.8 Å². The van der Waals surface area contributed by atoms with E-state index in [4.69, 9.17) is 17.4 Å². The van der Waals surface area contributed by atoms with Gasteiger partial charge in [0.1, 0.15) is 0 Å². The lowest BCUT2D eigenvalue weighted by Crippen LogP contribution is -2.32. The number of nitrogens with one attached hydrogen (secondary N) is 1.